The summed E-state index contributed by atoms with van der Waals surface area (Å²) in [6.45, 7) is 11.4. The van der Waals surface area contributed by atoms with Crippen molar-refractivity contribution in [3.63, 3.8) is 0 Å². The predicted octanol–water partition coefficient (Wildman–Crippen LogP) is 1.93. The zero-order chi connectivity index (χ0) is 17.5. The SMILES string of the molecule is CCCc1c(C(=O)NCCCN2CCNCC2)[nH]c(C)c1C(C)=O.Cl. The van der Waals surface area contributed by atoms with E-state index in [4.69, 9.17) is 0 Å². The van der Waals surface area contributed by atoms with E-state index < -0.39 is 0 Å². The molecule has 2 rings (SSSR count). The Morgan fingerprint density at radius 2 is 1.92 bits per heavy atom. The maximum atomic E-state index is 12.5. The van der Waals surface area contributed by atoms with Gasteiger partial charge in [0.05, 0.1) is 0 Å². The third-order valence-electron chi connectivity index (χ3n) is 4.52. The van der Waals surface area contributed by atoms with Crippen molar-refractivity contribution >= 4 is 24.1 Å². The number of carbonyl (C=O) groups excluding carboxylic acids is 2. The molecule has 0 radical (unpaired) electrons. The van der Waals surface area contributed by atoms with Gasteiger partial charge in [0, 0.05) is 44.0 Å². The fourth-order valence-corrected chi connectivity index (χ4v) is 3.37. The van der Waals surface area contributed by atoms with Gasteiger partial charge in [0.25, 0.3) is 5.91 Å². The number of ketones is 1. The molecule has 0 atom stereocenters. The average molecular weight is 371 g/mol. The third-order valence-corrected chi connectivity index (χ3v) is 4.52. The monoisotopic (exact) mass is 370 g/mol. The Morgan fingerprint density at radius 3 is 2.52 bits per heavy atom. The van der Waals surface area contributed by atoms with Gasteiger partial charge in [0.15, 0.2) is 5.78 Å². The minimum absolute atomic E-state index is 0. The van der Waals surface area contributed by atoms with E-state index in [9.17, 15) is 9.59 Å². The standard InChI is InChI=1S/C18H30N4O2.ClH/c1-4-6-15-16(14(3)23)13(2)21-17(15)18(24)20-7-5-10-22-11-8-19-9-12-22;/h19,21H,4-12H2,1-3H3,(H,20,24);1H. The fraction of sp³-hybridized carbons (Fsp3) is 0.667. The van der Waals surface area contributed by atoms with Crippen molar-refractivity contribution in [1.29, 1.82) is 0 Å². The first-order valence-electron chi connectivity index (χ1n) is 8.98. The third kappa shape index (κ3) is 5.83. The zero-order valence-electron chi connectivity index (χ0n) is 15.5. The number of piperazine rings is 1. The molecule has 0 aromatic carbocycles. The van der Waals surface area contributed by atoms with Crippen molar-refractivity contribution in [2.75, 3.05) is 39.3 Å². The molecule has 1 aromatic heterocycles. The summed E-state index contributed by atoms with van der Waals surface area (Å²) in [6, 6.07) is 0. The van der Waals surface area contributed by atoms with E-state index in [1.807, 2.05) is 6.92 Å². The number of aromatic nitrogens is 1. The van der Waals surface area contributed by atoms with E-state index in [0.29, 0.717) is 17.8 Å². The Kier molecular flexibility index (Phi) is 9.17. The highest BCUT2D eigenvalue weighted by Crippen LogP contribution is 2.21. The number of aryl methyl sites for hydroxylation is 1. The summed E-state index contributed by atoms with van der Waals surface area (Å²) in [7, 11) is 0. The van der Waals surface area contributed by atoms with Crippen LogP contribution in [0.5, 0.6) is 0 Å². The van der Waals surface area contributed by atoms with Crippen LogP contribution >= 0.6 is 12.4 Å². The predicted molar refractivity (Wildman–Crippen MR) is 103 cm³/mol. The number of nitrogens with zero attached hydrogens (tertiary/aromatic N) is 1. The molecule has 6 nitrogen and oxygen atoms in total. The van der Waals surface area contributed by atoms with Crippen LogP contribution in [0, 0.1) is 6.92 Å². The minimum atomic E-state index is -0.102. The van der Waals surface area contributed by atoms with Crippen molar-refractivity contribution < 1.29 is 9.59 Å². The molecule has 1 aromatic rings. The molecule has 1 amide bonds. The van der Waals surface area contributed by atoms with Crippen LogP contribution < -0.4 is 10.6 Å². The molecule has 0 unspecified atom stereocenters. The Balaban J connectivity index is 0.00000312. The lowest BCUT2D eigenvalue weighted by molar-refractivity contribution is 0.0945. The van der Waals surface area contributed by atoms with Crippen molar-refractivity contribution in [1.82, 2.24) is 20.5 Å². The van der Waals surface area contributed by atoms with Gasteiger partial charge in [-0.25, -0.2) is 0 Å². The zero-order valence-corrected chi connectivity index (χ0v) is 16.4. The Bertz CT molecular complexity index is 580. The number of carbonyl (C=O) groups is 2. The normalized spacial score (nSPS) is 14.8. The van der Waals surface area contributed by atoms with Crippen LogP contribution in [0.15, 0.2) is 0 Å². The molecule has 1 saturated heterocycles. The number of hydrogen-bond donors (Lipinski definition) is 3. The molecule has 1 aliphatic rings. The fourth-order valence-electron chi connectivity index (χ4n) is 3.37. The van der Waals surface area contributed by atoms with Crippen LogP contribution in [0.2, 0.25) is 0 Å². The van der Waals surface area contributed by atoms with Crippen molar-refractivity contribution in [3.8, 4) is 0 Å². The number of rotatable bonds is 8. The van der Waals surface area contributed by atoms with Gasteiger partial charge in [-0.2, -0.15) is 0 Å². The van der Waals surface area contributed by atoms with Crippen LogP contribution in [0.3, 0.4) is 0 Å². The molecule has 0 bridgehead atoms. The quantitative estimate of drug-likeness (QED) is 0.482. The first-order valence-corrected chi connectivity index (χ1v) is 8.98. The Labute approximate surface area is 156 Å². The molecule has 2 heterocycles. The summed E-state index contributed by atoms with van der Waals surface area (Å²) in [5.41, 5.74) is 2.89. The van der Waals surface area contributed by atoms with E-state index >= 15 is 0 Å². The van der Waals surface area contributed by atoms with E-state index in [0.717, 1.165) is 63.2 Å². The summed E-state index contributed by atoms with van der Waals surface area (Å²) in [4.78, 5) is 29.9. The molecule has 7 heteroatoms. The summed E-state index contributed by atoms with van der Waals surface area (Å²) < 4.78 is 0. The Hall–Kier alpha value is -1.37. The lowest BCUT2D eigenvalue weighted by Gasteiger charge is -2.27. The van der Waals surface area contributed by atoms with E-state index in [1.54, 1.807) is 6.92 Å². The maximum absolute atomic E-state index is 12.5. The van der Waals surface area contributed by atoms with Gasteiger partial charge in [-0.05, 0) is 38.8 Å². The van der Waals surface area contributed by atoms with Crippen LogP contribution in [-0.2, 0) is 6.42 Å². The molecule has 142 valence electrons. The Morgan fingerprint density at radius 1 is 1.24 bits per heavy atom. The molecule has 3 N–H and O–H groups in total. The average Bonchev–Trinajstić information content (AvgIpc) is 2.89. The van der Waals surface area contributed by atoms with Gasteiger partial charge < -0.3 is 20.5 Å². The van der Waals surface area contributed by atoms with Crippen LogP contribution in [-0.4, -0.2) is 60.8 Å². The number of H-pyrrole nitrogens is 1. The molecular weight excluding hydrogens is 340 g/mol. The van der Waals surface area contributed by atoms with Crippen LogP contribution in [0.1, 0.15) is 58.8 Å². The first-order chi connectivity index (χ1) is 11.5. The second-order valence-electron chi connectivity index (χ2n) is 6.49. The molecule has 25 heavy (non-hydrogen) atoms. The lowest BCUT2D eigenvalue weighted by Crippen LogP contribution is -2.44. The molecule has 0 saturated carbocycles. The summed E-state index contributed by atoms with van der Waals surface area (Å²) in [5.74, 6) is -0.0840. The van der Waals surface area contributed by atoms with Gasteiger partial charge >= 0.3 is 0 Å². The molecule has 0 aliphatic carbocycles. The minimum Gasteiger partial charge on any atom is -0.354 e. The molecule has 1 aliphatic heterocycles. The van der Waals surface area contributed by atoms with Gasteiger partial charge in [0.2, 0.25) is 0 Å². The van der Waals surface area contributed by atoms with Crippen molar-refractivity contribution in [2.45, 2.75) is 40.0 Å². The number of amides is 1. The highest BCUT2D eigenvalue weighted by atomic mass is 35.5. The smallest absolute Gasteiger partial charge is 0.268 e. The highest BCUT2D eigenvalue weighted by molar-refractivity contribution is 6.02. The maximum Gasteiger partial charge on any atom is 0.268 e. The van der Waals surface area contributed by atoms with E-state index in [-0.39, 0.29) is 24.1 Å². The van der Waals surface area contributed by atoms with Crippen molar-refractivity contribution in [3.05, 3.63) is 22.5 Å². The molecule has 1 fully saturated rings. The summed E-state index contributed by atoms with van der Waals surface area (Å²) >= 11 is 0. The van der Waals surface area contributed by atoms with E-state index in [2.05, 4.69) is 27.4 Å². The van der Waals surface area contributed by atoms with Crippen molar-refractivity contribution in [2.24, 2.45) is 0 Å². The largest absolute Gasteiger partial charge is 0.354 e. The van der Waals surface area contributed by atoms with Crippen LogP contribution in [0.4, 0.5) is 0 Å². The molecular formula is C18H31ClN4O2. The number of halogens is 1. The highest BCUT2D eigenvalue weighted by Gasteiger charge is 2.21. The lowest BCUT2D eigenvalue weighted by atomic mass is 10.0. The van der Waals surface area contributed by atoms with E-state index in [1.165, 1.54) is 0 Å². The number of Topliss-reactive ketones (excluding diaryl/α,β-unsaturated/α-hetero) is 1. The second-order valence-corrected chi connectivity index (χ2v) is 6.49. The molecule has 0 spiro atoms. The van der Waals surface area contributed by atoms with Gasteiger partial charge in [-0.3, -0.25) is 9.59 Å². The number of nitrogens with one attached hydrogen (secondary N) is 3. The van der Waals surface area contributed by atoms with Crippen LogP contribution in [0.25, 0.3) is 0 Å². The van der Waals surface area contributed by atoms with Gasteiger partial charge in [0.1, 0.15) is 5.69 Å². The van der Waals surface area contributed by atoms with Gasteiger partial charge in [-0.1, -0.05) is 13.3 Å². The number of hydrogen-bond acceptors (Lipinski definition) is 4. The second kappa shape index (κ2) is 10.6. The topological polar surface area (TPSA) is 77.2 Å². The van der Waals surface area contributed by atoms with Gasteiger partial charge in [-0.15, -0.1) is 12.4 Å². The first kappa shape index (κ1) is 21.7. The summed E-state index contributed by atoms with van der Waals surface area (Å²) in [6.07, 6.45) is 2.58. The number of aromatic amines is 1. The summed E-state index contributed by atoms with van der Waals surface area (Å²) in [5, 5.41) is 6.33.